The van der Waals surface area contributed by atoms with E-state index in [2.05, 4.69) is 11.1 Å². The van der Waals surface area contributed by atoms with Crippen LogP contribution in [0, 0.1) is 0 Å². The lowest BCUT2D eigenvalue weighted by molar-refractivity contribution is 0.334. The third-order valence-electron chi connectivity index (χ3n) is 3.17. The molecule has 19 heavy (non-hydrogen) atoms. The summed E-state index contributed by atoms with van der Waals surface area (Å²) in [4.78, 5) is 4.04. The predicted octanol–water partition coefficient (Wildman–Crippen LogP) is 2.77. The van der Waals surface area contributed by atoms with Gasteiger partial charge >= 0.3 is 0 Å². The van der Waals surface area contributed by atoms with Crippen LogP contribution in [-0.4, -0.2) is 18.1 Å². The van der Waals surface area contributed by atoms with Crippen molar-refractivity contribution in [1.82, 2.24) is 4.98 Å². The Morgan fingerprint density at radius 2 is 1.89 bits per heavy atom. The van der Waals surface area contributed by atoms with Gasteiger partial charge in [-0.05, 0) is 49.2 Å². The van der Waals surface area contributed by atoms with Crippen LogP contribution in [0.15, 0.2) is 48.8 Å². The average Bonchev–Trinajstić information content (AvgIpc) is 2.47. The highest BCUT2D eigenvalue weighted by atomic mass is 16.5. The number of pyridine rings is 1. The summed E-state index contributed by atoms with van der Waals surface area (Å²) in [6.45, 7) is 3.27. The molecule has 0 radical (unpaired) electrons. The van der Waals surface area contributed by atoms with Crippen molar-refractivity contribution in [2.75, 3.05) is 13.2 Å². The Labute approximate surface area is 114 Å². The first-order valence-corrected chi connectivity index (χ1v) is 6.65. The monoisotopic (exact) mass is 256 g/mol. The van der Waals surface area contributed by atoms with Crippen molar-refractivity contribution in [2.24, 2.45) is 5.73 Å². The zero-order chi connectivity index (χ0) is 13.5. The summed E-state index contributed by atoms with van der Waals surface area (Å²) in [5, 5.41) is 0. The number of hydrogen-bond donors (Lipinski definition) is 1. The number of rotatable bonds is 6. The summed E-state index contributed by atoms with van der Waals surface area (Å²) >= 11 is 0. The van der Waals surface area contributed by atoms with Crippen molar-refractivity contribution in [2.45, 2.75) is 19.3 Å². The molecule has 100 valence electrons. The van der Waals surface area contributed by atoms with Gasteiger partial charge in [0, 0.05) is 18.3 Å². The first-order chi connectivity index (χ1) is 9.35. The molecule has 1 aromatic heterocycles. The zero-order valence-corrected chi connectivity index (χ0v) is 11.3. The molecule has 0 aliphatic rings. The van der Waals surface area contributed by atoms with Crippen molar-refractivity contribution < 1.29 is 4.74 Å². The smallest absolute Gasteiger partial charge is 0.122 e. The summed E-state index contributed by atoms with van der Waals surface area (Å²) < 4.78 is 5.69. The summed E-state index contributed by atoms with van der Waals surface area (Å²) in [5.41, 5.74) is 8.38. The van der Waals surface area contributed by atoms with E-state index in [9.17, 15) is 0 Å². The van der Waals surface area contributed by atoms with E-state index in [1.54, 1.807) is 0 Å². The van der Waals surface area contributed by atoms with E-state index in [4.69, 9.17) is 10.5 Å². The van der Waals surface area contributed by atoms with E-state index in [1.807, 2.05) is 49.6 Å². The highest BCUT2D eigenvalue weighted by Crippen LogP contribution is 2.28. The van der Waals surface area contributed by atoms with Crippen molar-refractivity contribution >= 4 is 0 Å². The second-order valence-electron chi connectivity index (χ2n) is 4.46. The van der Waals surface area contributed by atoms with Crippen LogP contribution >= 0.6 is 0 Å². The Morgan fingerprint density at radius 3 is 2.58 bits per heavy atom. The van der Waals surface area contributed by atoms with Crippen molar-refractivity contribution in [3.05, 3.63) is 59.9 Å². The molecule has 0 saturated heterocycles. The van der Waals surface area contributed by atoms with Gasteiger partial charge in [0.15, 0.2) is 0 Å². The van der Waals surface area contributed by atoms with Gasteiger partial charge in [-0.15, -0.1) is 0 Å². The van der Waals surface area contributed by atoms with Gasteiger partial charge in [-0.2, -0.15) is 0 Å². The Kier molecular flexibility index (Phi) is 4.93. The lowest BCUT2D eigenvalue weighted by Crippen LogP contribution is -2.16. The quantitative estimate of drug-likeness (QED) is 0.864. The van der Waals surface area contributed by atoms with Gasteiger partial charge in [-0.25, -0.2) is 0 Å². The van der Waals surface area contributed by atoms with Crippen molar-refractivity contribution in [3.63, 3.8) is 0 Å². The summed E-state index contributed by atoms with van der Waals surface area (Å²) in [7, 11) is 0. The van der Waals surface area contributed by atoms with Crippen LogP contribution in [0.1, 0.15) is 24.0 Å². The number of benzene rings is 1. The van der Waals surface area contributed by atoms with Crippen LogP contribution in [0.25, 0.3) is 0 Å². The number of hydrogen-bond acceptors (Lipinski definition) is 3. The molecule has 1 atom stereocenters. The maximum atomic E-state index is 5.95. The molecule has 2 N–H and O–H groups in total. The molecule has 0 saturated carbocycles. The molecular formula is C16H20N2O. The maximum Gasteiger partial charge on any atom is 0.122 e. The number of para-hydroxylation sites is 1. The summed E-state index contributed by atoms with van der Waals surface area (Å²) in [6.07, 6.45) is 4.54. The number of nitrogens with two attached hydrogens (primary N) is 1. The molecule has 2 aromatic rings. The fourth-order valence-electron chi connectivity index (χ4n) is 2.23. The molecule has 2 rings (SSSR count). The molecule has 0 amide bonds. The number of ether oxygens (including phenoxy) is 1. The highest BCUT2D eigenvalue weighted by Gasteiger charge is 2.15. The molecule has 0 fully saturated rings. The Hall–Kier alpha value is -1.87. The zero-order valence-electron chi connectivity index (χ0n) is 11.3. The van der Waals surface area contributed by atoms with Gasteiger partial charge in [0.2, 0.25) is 0 Å². The van der Waals surface area contributed by atoms with Crippen LogP contribution in [-0.2, 0) is 6.42 Å². The second-order valence-corrected chi connectivity index (χ2v) is 4.46. The van der Waals surface area contributed by atoms with E-state index < -0.39 is 0 Å². The topological polar surface area (TPSA) is 48.1 Å². The molecule has 1 heterocycles. The molecule has 1 unspecified atom stereocenters. The van der Waals surface area contributed by atoms with Gasteiger partial charge in [0.05, 0.1) is 6.61 Å². The minimum absolute atomic E-state index is 0.269. The van der Waals surface area contributed by atoms with Crippen LogP contribution in [0.4, 0.5) is 0 Å². The molecule has 3 heteroatoms. The number of aromatic nitrogens is 1. The predicted molar refractivity (Wildman–Crippen MR) is 77.3 cm³/mol. The van der Waals surface area contributed by atoms with Gasteiger partial charge in [0.1, 0.15) is 5.75 Å². The lowest BCUT2D eigenvalue weighted by Gasteiger charge is -2.19. The molecule has 0 bridgehead atoms. The van der Waals surface area contributed by atoms with E-state index in [1.165, 1.54) is 11.1 Å². The highest BCUT2D eigenvalue weighted by molar-refractivity contribution is 5.37. The van der Waals surface area contributed by atoms with Gasteiger partial charge in [-0.1, -0.05) is 18.2 Å². The summed E-state index contributed by atoms with van der Waals surface area (Å²) in [6, 6.07) is 12.2. The van der Waals surface area contributed by atoms with Gasteiger partial charge in [0.25, 0.3) is 0 Å². The fourth-order valence-corrected chi connectivity index (χ4v) is 2.23. The Bertz CT molecular complexity index is 499. The van der Waals surface area contributed by atoms with E-state index >= 15 is 0 Å². The largest absolute Gasteiger partial charge is 0.494 e. The summed E-state index contributed by atoms with van der Waals surface area (Å²) in [5.74, 6) is 1.21. The third kappa shape index (κ3) is 3.55. The van der Waals surface area contributed by atoms with E-state index in [0.29, 0.717) is 13.2 Å². The Balaban J connectivity index is 2.22. The first kappa shape index (κ1) is 13.6. The number of nitrogens with zero attached hydrogens (tertiary/aromatic N) is 1. The van der Waals surface area contributed by atoms with E-state index in [0.717, 1.165) is 12.2 Å². The third-order valence-corrected chi connectivity index (χ3v) is 3.17. The van der Waals surface area contributed by atoms with Crippen molar-refractivity contribution in [3.8, 4) is 5.75 Å². The molecule has 1 aromatic carbocycles. The second kappa shape index (κ2) is 6.90. The van der Waals surface area contributed by atoms with Crippen LogP contribution in [0.5, 0.6) is 5.75 Å². The average molecular weight is 256 g/mol. The van der Waals surface area contributed by atoms with Gasteiger partial charge < -0.3 is 10.5 Å². The van der Waals surface area contributed by atoms with E-state index in [-0.39, 0.29) is 5.92 Å². The van der Waals surface area contributed by atoms with Crippen LogP contribution in [0.3, 0.4) is 0 Å². The molecular weight excluding hydrogens is 236 g/mol. The molecule has 0 spiro atoms. The molecule has 3 nitrogen and oxygen atoms in total. The lowest BCUT2D eigenvalue weighted by atomic mass is 9.92. The standard InChI is InChI=1S/C16H20N2O/c1-2-19-16-6-4-3-5-15(16)14(12-17)11-13-7-9-18-10-8-13/h3-10,14H,2,11-12,17H2,1H3. The molecule has 0 aliphatic carbocycles. The van der Waals surface area contributed by atoms with Gasteiger partial charge in [-0.3, -0.25) is 4.98 Å². The van der Waals surface area contributed by atoms with Crippen LogP contribution in [0.2, 0.25) is 0 Å². The Morgan fingerprint density at radius 1 is 1.16 bits per heavy atom. The van der Waals surface area contributed by atoms with Crippen LogP contribution < -0.4 is 10.5 Å². The minimum atomic E-state index is 0.269. The maximum absolute atomic E-state index is 5.95. The SMILES string of the molecule is CCOc1ccccc1C(CN)Cc1ccncc1. The fraction of sp³-hybridized carbons (Fsp3) is 0.312. The minimum Gasteiger partial charge on any atom is -0.494 e. The molecule has 0 aliphatic heterocycles. The first-order valence-electron chi connectivity index (χ1n) is 6.65. The normalized spacial score (nSPS) is 12.1. The van der Waals surface area contributed by atoms with Crippen molar-refractivity contribution in [1.29, 1.82) is 0 Å².